The van der Waals surface area contributed by atoms with Gasteiger partial charge in [0.1, 0.15) is 49.3 Å². The molecule has 2 unspecified atom stereocenters. The molecule has 2 aliphatic heterocycles. The molecule has 0 aromatic carbocycles. The van der Waals surface area contributed by atoms with E-state index in [-0.39, 0.29) is 0 Å². The second-order valence-corrected chi connectivity index (χ2v) is 5.56. The van der Waals surface area contributed by atoms with Crippen LogP contribution >= 0.6 is 0 Å². The second kappa shape index (κ2) is 7.21. The Morgan fingerprint density at radius 1 is 0.783 bits per heavy atom. The van der Waals surface area contributed by atoms with Crippen molar-refractivity contribution < 1.29 is 55.1 Å². The molecule has 23 heavy (non-hydrogen) atoms. The summed E-state index contributed by atoms with van der Waals surface area (Å²) in [7, 11) is 0. The van der Waals surface area contributed by atoms with Crippen LogP contribution in [0.2, 0.25) is 0 Å². The standard InChI is InChI=1S/C12H22O11/c13-1-4-6(16)8(18)9(19)11(21-4)23-12(3-15)10(20)7(17)5(2-14)22-12/h4-11,13-20H,1-3H2/t4-,5-,6-,7-,8+,9-,10+,11?,12?/m1/s1. The number of rotatable bonds is 5. The van der Waals surface area contributed by atoms with E-state index in [1.54, 1.807) is 0 Å². The van der Waals surface area contributed by atoms with Gasteiger partial charge in [-0.3, -0.25) is 0 Å². The van der Waals surface area contributed by atoms with Crippen LogP contribution in [0.3, 0.4) is 0 Å². The molecule has 11 heteroatoms. The first kappa shape index (κ1) is 18.9. The largest absolute Gasteiger partial charge is 0.394 e. The number of hydrogen-bond donors (Lipinski definition) is 8. The van der Waals surface area contributed by atoms with Crippen LogP contribution in [0.5, 0.6) is 0 Å². The zero-order valence-corrected chi connectivity index (χ0v) is 12.0. The molecule has 136 valence electrons. The molecular weight excluding hydrogens is 320 g/mol. The lowest BCUT2D eigenvalue weighted by Gasteiger charge is -2.43. The molecule has 0 radical (unpaired) electrons. The van der Waals surface area contributed by atoms with Crippen LogP contribution in [0.4, 0.5) is 0 Å². The van der Waals surface area contributed by atoms with Gasteiger partial charge in [-0.15, -0.1) is 0 Å². The van der Waals surface area contributed by atoms with Crippen molar-refractivity contribution in [3.05, 3.63) is 0 Å². The van der Waals surface area contributed by atoms with Crippen LogP contribution in [-0.2, 0) is 14.2 Å². The van der Waals surface area contributed by atoms with Gasteiger partial charge in [0.05, 0.1) is 13.2 Å². The maximum atomic E-state index is 10.00. The lowest BCUT2D eigenvalue weighted by molar-refractivity contribution is -0.383. The first-order valence-corrected chi connectivity index (χ1v) is 7.05. The zero-order chi connectivity index (χ0) is 17.4. The number of ether oxygens (including phenoxy) is 3. The Morgan fingerprint density at radius 2 is 1.39 bits per heavy atom. The fourth-order valence-corrected chi connectivity index (χ4v) is 2.63. The van der Waals surface area contributed by atoms with E-state index < -0.39 is 74.6 Å². The smallest absolute Gasteiger partial charge is 0.224 e. The van der Waals surface area contributed by atoms with Crippen LogP contribution in [-0.4, -0.2) is 115 Å². The third-order valence-electron chi connectivity index (χ3n) is 4.07. The van der Waals surface area contributed by atoms with Crippen LogP contribution in [0.15, 0.2) is 0 Å². The molecule has 0 amide bonds. The highest BCUT2D eigenvalue weighted by Gasteiger charge is 2.58. The minimum atomic E-state index is -2.22. The van der Waals surface area contributed by atoms with Crippen LogP contribution in [0.25, 0.3) is 0 Å². The van der Waals surface area contributed by atoms with Crippen molar-refractivity contribution in [2.75, 3.05) is 19.8 Å². The fourth-order valence-electron chi connectivity index (χ4n) is 2.63. The second-order valence-electron chi connectivity index (χ2n) is 5.56. The van der Waals surface area contributed by atoms with Gasteiger partial charge < -0.3 is 55.1 Å². The SMILES string of the molecule is OC[C@H]1OC(CO)(OC2O[C@H](CO)[C@@H](O)[C@H](O)[C@H]2O)[C@@H](O)[C@@H]1O. The molecular formula is C12H22O11. The van der Waals surface area contributed by atoms with Gasteiger partial charge in [0, 0.05) is 0 Å². The van der Waals surface area contributed by atoms with Gasteiger partial charge in [0.2, 0.25) is 5.79 Å². The van der Waals surface area contributed by atoms with Gasteiger partial charge >= 0.3 is 0 Å². The van der Waals surface area contributed by atoms with Gasteiger partial charge in [0.25, 0.3) is 0 Å². The zero-order valence-electron chi connectivity index (χ0n) is 12.0. The highest BCUT2D eigenvalue weighted by atomic mass is 16.8. The van der Waals surface area contributed by atoms with Crippen molar-refractivity contribution in [2.24, 2.45) is 0 Å². The van der Waals surface area contributed by atoms with Crippen molar-refractivity contribution in [1.29, 1.82) is 0 Å². The predicted molar refractivity (Wildman–Crippen MR) is 68.6 cm³/mol. The van der Waals surface area contributed by atoms with Crippen molar-refractivity contribution in [3.8, 4) is 0 Å². The Kier molecular flexibility index (Phi) is 5.92. The first-order valence-electron chi connectivity index (χ1n) is 7.05. The molecule has 0 spiro atoms. The molecule has 2 rings (SSSR count). The molecule has 9 atom stereocenters. The molecule has 2 heterocycles. The summed E-state index contributed by atoms with van der Waals surface area (Å²) in [6.45, 7) is -2.32. The van der Waals surface area contributed by atoms with E-state index in [1.165, 1.54) is 0 Å². The topological polar surface area (TPSA) is 190 Å². The normalized spacial score (nSPS) is 51.1. The van der Waals surface area contributed by atoms with E-state index in [4.69, 9.17) is 24.4 Å². The Bertz CT molecular complexity index is 393. The summed E-state index contributed by atoms with van der Waals surface area (Å²) in [6.07, 6.45) is -12.7. The third-order valence-corrected chi connectivity index (χ3v) is 4.07. The van der Waals surface area contributed by atoms with Gasteiger partial charge in [-0.1, -0.05) is 0 Å². The van der Waals surface area contributed by atoms with E-state index in [1.807, 2.05) is 0 Å². The van der Waals surface area contributed by atoms with Crippen LogP contribution in [0.1, 0.15) is 0 Å². The highest BCUT2D eigenvalue weighted by Crippen LogP contribution is 2.35. The molecule has 0 aromatic rings. The van der Waals surface area contributed by atoms with E-state index in [9.17, 15) is 30.6 Å². The van der Waals surface area contributed by atoms with Gasteiger partial charge in [-0.05, 0) is 0 Å². The third kappa shape index (κ3) is 3.23. The van der Waals surface area contributed by atoms with E-state index in [0.29, 0.717) is 0 Å². The van der Waals surface area contributed by atoms with Gasteiger partial charge in [0.15, 0.2) is 6.29 Å². The fraction of sp³-hybridized carbons (Fsp3) is 1.00. The Hall–Kier alpha value is -0.440. The molecule has 2 fully saturated rings. The Balaban J connectivity index is 2.18. The molecule has 11 nitrogen and oxygen atoms in total. The number of aliphatic hydroxyl groups is 8. The Morgan fingerprint density at radius 3 is 1.87 bits per heavy atom. The molecule has 0 bridgehead atoms. The quantitative estimate of drug-likeness (QED) is 0.238. The Labute approximate surface area is 130 Å². The molecule has 0 saturated carbocycles. The molecule has 8 N–H and O–H groups in total. The van der Waals surface area contributed by atoms with Crippen LogP contribution in [0, 0.1) is 0 Å². The lowest BCUT2D eigenvalue weighted by Crippen LogP contribution is -2.62. The molecule has 0 aromatic heterocycles. The maximum absolute atomic E-state index is 10.00. The summed E-state index contributed by atoms with van der Waals surface area (Å²) >= 11 is 0. The van der Waals surface area contributed by atoms with E-state index in [0.717, 1.165) is 0 Å². The lowest BCUT2D eigenvalue weighted by atomic mass is 9.99. The molecule has 0 aliphatic carbocycles. The van der Waals surface area contributed by atoms with Gasteiger partial charge in [-0.2, -0.15) is 0 Å². The first-order chi connectivity index (χ1) is 10.8. The van der Waals surface area contributed by atoms with Gasteiger partial charge in [-0.25, -0.2) is 0 Å². The minimum absolute atomic E-state index is 0.669. The van der Waals surface area contributed by atoms with E-state index in [2.05, 4.69) is 0 Å². The van der Waals surface area contributed by atoms with Crippen LogP contribution < -0.4 is 0 Å². The van der Waals surface area contributed by atoms with Crippen molar-refractivity contribution in [1.82, 2.24) is 0 Å². The average molecular weight is 342 g/mol. The number of hydrogen-bond acceptors (Lipinski definition) is 11. The molecule has 2 aliphatic rings. The summed E-state index contributed by atoms with van der Waals surface area (Å²) in [4.78, 5) is 0. The number of aliphatic hydroxyl groups excluding tert-OH is 8. The van der Waals surface area contributed by atoms with Crippen molar-refractivity contribution in [3.63, 3.8) is 0 Å². The summed E-state index contributed by atoms with van der Waals surface area (Å²) in [6, 6.07) is 0. The van der Waals surface area contributed by atoms with Crippen molar-refractivity contribution in [2.45, 2.75) is 54.8 Å². The highest BCUT2D eigenvalue weighted by molar-refractivity contribution is 4.98. The summed E-state index contributed by atoms with van der Waals surface area (Å²) in [5.74, 6) is -2.22. The average Bonchev–Trinajstić information content (AvgIpc) is 2.80. The summed E-state index contributed by atoms with van der Waals surface area (Å²) in [5.41, 5.74) is 0. The monoisotopic (exact) mass is 342 g/mol. The van der Waals surface area contributed by atoms with E-state index >= 15 is 0 Å². The maximum Gasteiger partial charge on any atom is 0.224 e. The summed E-state index contributed by atoms with van der Waals surface area (Å²) < 4.78 is 15.4. The predicted octanol–water partition coefficient (Wildman–Crippen LogP) is -5.40. The minimum Gasteiger partial charge on any atom is -0.394 e. The molecule has 2 saturated heterocycles. The summed E-state index contributed by atoms with van der Waals surface area (Å²) in [5, 5.41) is 76.7. The van der Waals surface area contributed by atoms with Crippen molar-refractivity contribution >= 4 is 0 Å².